The Balaban J connectivity index is 2.37. The number of hydrogen-bond acceptors (Lipinski definition) is 4. The van der Waals surface area contributed by atoms with Gasteiger partial charge >= 0.3 is 0 Å². The molecule has 5 nitrogen and oxygen atoms in total. The number of nitrogens with one attached hydrogen (secondary N) is 1. The molecule has 3 N–H and O–H groups in total. The first-order valence-electron chi connectivity index (χ1n) is 7.36. The molecule has 0 saturated heterocycles. The fourth-order valence-corrected chi connectivity index (χ4v) is 2.67. The van der Waals surface area contributed by atoms with Gasteiger partial charge in [-0.1, -0.05) is 0 Å². The summed E-state index contributed by atoms with van der Waals surface area (Å²) in [4.78, 5) is 2.29. The zero-order chi connectivity index (χ0) is 15.4. The van der Waals surface area contributed by atoms with E-state index in [1.807, 2.05) is 18.2 Å². The third kappa shape index (κ3) is 3.67. The SMILES string of the molecule is COCCN(c1cc(OC)ccc1C(=N)N)C(C)C1CC1. The molecule has 0 aliphatic heterocycles. The molecule has 1 atom stereocenters. The summed E-state index contributed by atoms with van der Waals surface area (Å²) in [7, 11) is 3.35. The van der Waals surface area contributed by atoms with E-state index in [2.05, 4.69) is 11.8 Å². The van der Waals surface area contributed by atoms with Gasteiger partial charge in [0.05, 0.1) is 19.4 Å². The first-order valence-corrected chi connectivity index (χ1v) is 7.36. The number of ether oxygens (including phenoxy) is 2. The van der Waals surface area contributed by atoms with Crippen LogP contribution in [-0.4, -0.2) is 39.2 Å². The maximum absolute atomic E-state index is 7.82. The van der Waals surface area contributed by atoms with E-state index in [4.69, 9.17) is 20.6 Å². The van der Waals surface area contributed by atoms with Crippen LogP contribution >= 0.6 is 0 Å². The Morgan fingerprint density at radius 1 is 1.43 bits per heavy atom. The number of methoxy groups -OCH3 is 2. The number of nitrogens with two attached hydrogens (primary N) is 1. The molecule has 0 heterocycles. The third-order valence-corrected chi connectivity index (χ3v) is 4.14. The van der Waals surface area contributed by atoms with Crippen LogP contribution in [0.4, 0.5) is 5.69 Å². The zero-order valence-corrected chi connectivity index (χ0v) is 13.1. The Bertz CT molecular complexity index is 500. The van der Waals surface area contributed by atoms with Crippen LogP contribution in [0, 0.1) is 11.3 Å². The monoisotopic (exact) mass is 291 g/mol. The Kier molecular flexibility index (Phi) is 5.07. The molecule has 5 heteroatoms. The Morgan fingerprint density at radius 2 is 2.14 bits per heavy atom. The second kappa shape index (κ2) is 6.80. The van der Waals surface area contributed by atoms with Crippen molar-refractivity contribution in [2.45, 2.75) is 25.8 Å². The molecule has 1 unspecified atom stereocenters. The third-order valence-electron chi connectivity index (χ3n) is 4.14. The summed E-state index contributed by atoms with van der Waals surface area (Å²) in [5.74, 6) is 1.58. The van der Waals surface area contributed by atoms with Gasteiger partial charge in [0.1, 0.15) is 11.6 Å². The first-order chi connectivity index (χ1) is 10.1. The van der Waals surface area contributed by atoms with Crippen molar-refractivity contribution in [2.75, 3.05) is 32.3 Å². The van der Waals surface area contributed by atoms with Crippen LogP contribution in [0.25, 0.3) is 0 Å². The fourth-order valence-electron chi connectivity index (χ4n) is 2.67. The van der Waals surface area contributed by atoms with E-state index in [0.717, 1.165) is 23.5 Å². The molecule has 1 saturated carbocycles. The summed E-state index contributed by atoms with van der Waals surface area (Å²) in [6.07, 6.45) is 2.54. The summed E-state index contributed by atoms with van der Waals surface area (Å²) >= 11 is 0. The molecule has 0 aromatic heterocycles. The molecular weight excluding hydrogens is 266 g/mol. The summed E-state index contributed by atoms with van der Waals surface area (Å²) in [5.41, 5.74) is 7.46. The van der Waals surface area contributed by atoms with Gasteiger partial charge < -0.3 is 20.1 Å². The molecule has 116 valence electrons. The summed E-state index contributed by atoms with van der Waals surface area (Å²) in [6.45, 7) is 3.66. The van der Waals surface area contributed by atoms with Gasteiger partial charge in [0.2, 0.25) is 0 Å². The highest BCUT2D eigenvalue weighted by Crippen LogP contribution is 2.38. The van der Waals surface area contributed by atoms with Crippen molar-refractivity contribution in [1.29, 1.82) is 5.41 Å². The van der Waals surface area contributed by atoms with Crippen LogP contribution in [-0.2, 0) is 4.74 Å². The molecule has 1 aliphatic rings. The molecule has 0 spiro atoms. The minimum absolute atomic E-state index is 0.0815. The Hall–Kier alpha value is -1.75. The van der Waals surface area contributed by atoms with Crippen molar-refractivity contribution < 1.29 is 9.47 Å². The van der Waals surface area contributed by atoms with Gasteiger partial charge in [0.25, 0.3) is 0 Å². The van der Waals surface area contributed by atoms with Crippen LogP contribution in [0.3, 0.4) is 0 Å². The van der Waals surface area contributed by atoms with Crippen LogP contribution in [0.5, 0.6) is 5.75 Å². The van der Waals surface area contributed by atoms with Crippen LogP contribution in [0.1, 0.15) is 25.3 Å². The number of anilines is 1. The fraction of sp³-hybridized carbons (Fsp3) is 0.562. The Labute approximate surface area is 126 Å². The van der Waals surface area contributed by atoms with Gasteiger partial charge in [0, 0.05) is 31.3 Å². The topological polar surface area (TPSA) is 71.6 Å². The number of nitrogen functional groups attached to an aromatic ring is 1. The molecule has 1 aromatic rings. The number of benzene rings is 1. The number of hydrogen-bond donors (Lipinski definition) is 2. The van der Waals surface area contributed by atoms with E-state index in [-0.39, 0.29) is 5.84 Å². The predicted octanol–water partition coefficient (Wildman–Crippen LogP) is 2.23. The second-order valence-electron chi connectivity index (χ2n) is 5.56. The van der Waals surface area contributed by atoms with Crippen molar-refractivity contribution in [3.63, 3.8) is 0 Å². The highest BCUT2D eigenvalue weighted by Gasteiger charge is 2.33. The van der Waals surface area contributed by atoms with E-state index in [1.54, 1.807) is 14.2 Å². The van der Waals surface area contributed by atoms with Crippen molar-refractivity contribution in [1.82, 2.24) is 0 Å². The molecule has 0 radical (unpaired) electrons. The van der Waals surface area contributed by atoms with E-state index >= 15 is 0 Å². The molecular formula is C16H25N3O2. The van der Waals surface area contributed by atoms with Crippen molar-refractivity contribution >= 4 is 11.5 Å². The zero-order valence-electron chi connectivity index (χ0n) is 13.1. The summed E-state index contributed by atoms with van der Waals surface area (Å²) in [5, 5.41) is 7.82. The second-order valence-corrected chi connectivity index (χ2v) is 5.56. The van der Waals surface area contributed by atoms with Gasteiger partial charge in [-0.25, -0.2) is 0 Å². The summed E-state index contributed by atoms with van der Waals surface area (Å²) < 4.78 is 10.6. The van der Waals surface area contributed by atoms with E-state index in [1.165, 1.54) is 12.8 Å². The molecule has 2 rings (SSSR count). The van der Waals surface area contributed by atoms with Gasteiger partial charge in [0.15, 0.2) is 0 Å². The largest absolute Gasteiger partial charge is 0.497 e. The average molecular weight is 291 g/mol. The highest BCUT2D eigenvalue weighted by atomic mass is 16.5. The smallest absolute Gasteiger partial charge is 0.124 e. The minimum atomic E-state index is 0.0815. The number of nitrogens with zero attached hydrogens (tertiary/aromatic N) is 1. The maximum atomic E-state index is 7.82. The van der Waals surface area contributed by atoms with Gasteiger partial charge in [-0.3, -0.25) is 5.41 Å². The lowest BCUT2D eigenvalue weighted by Gasteiger charge is -2.33. The number of amidine groups is 1. The normalized spacial score (nSPS) is 15.6. The average Bonchev–Trinajstić information content (AvgIpc) is 3.31. The van der Waals surface area contributed by atoms with Crippen molar-refractivity contribution in [3.05, 3.63) is 23.8 Å². The minimum Gasteiger partial charge on any atom is -0.497 e. The van der Waals surface area contributed by atoms with Gasteiger partial charge in [-0.2, -0.15) is 0 Å². The van der Waals surface area contributed by atoms with E-state index in [0.29, 0.717) is 18.6 Å². The van der Waals surface area contributed by atoms with Crippen LogP contribution in [0.15, 0.2) is 18.2 Å². The lowest BCUT2D eigenvalue weighted by atomic mass is 10.1. The molecule has 0 amide bonds. The predicted molar refractivity (Wildman–Crippen MR) is 85.4 cm³/mol. The number of rotatable bonds is 8. The standard InChI is InChI=1S/C16H25N3O2/c1-11(12-4-5-12)19(8-9-20-2)15-10-13(21-3)6-7-14(15)16(17)18/h6-7,10-12H,4-5,8-9H2,1-3H3,(H3,17,18). The molecule has 21 heavy (non-hydrogen) atoms. The Morgan fingerprint density at radius 3 is 2.67 bits per heavy atom. The lowest BCUT2D eigenvalue weighted by molar-refractivity contribution is 0.202. The quantitative estimate of drug-likeness (QED) is 0.569. The van der Waals surface area contributed by atoms with Gasteiger partial charge in [-0.05, 0) is 37.8 Å². The van der Waals surface area contributed by atoms with E-state index in [9.17, 15) is 0 Å². The van der Waals surface area contributed by atoms with Crippen molar-refractivity contribution in [3.8, 4) is 5.75 Å². The van der Waals surface area contributed by atoms with Gasteiger partial charge in [-0.15, -0.1) is 0 Å². The molecule has 1 aliphatic carbocycles. The summed E-state index contributed by atoms with van der Waals surface area (Å²) in [6, 6.07) is 6.07. The first kappa shape index (κ1) is 15.6. The molecule has 1 fully saturated rings. The molecule has 1 aromatic carbocycles. The highest BCUT2D eigenvalue weighted by molar-refractivity contribution is 6.00. The van der Waals surface area contributed by atoms with Crippen LogP contribution in [0.2, 0.25) is 0 Å². The van der Waals surface area contributed by atoms with E-state index < -0.39 is 0 Å². The van der Waals surface area contributed by atoms with Crippen LogP contribution < -0.4 is 15.4 Å². The maximum Gasteiger partial charge on any atom is 0.124 e. The lowest BCUT2D eigenvalue weighted by Crippen LogP contribution is -2.38. The molecule has 0 bridgehead atoms. The van der Waals surface area contributed by atoms with Crippen molar-refractivity contribution in [2.24, 2.45) is 11.7 Å².